The first kappa shape index (κ1) is 28.1. The Hall–Kier alpha value is -5.66. The summed E-state index contributed by atoms with van der Waals surface area (Å²) in [6.45, 7) is 4.33. The van der Waals surface area contributed by atoms with Gasteiger partial charge in [0.1, 0.15) is 0 Å². The molecule has 0 bridgehead atoms. The van der Waals surface area contributed by atoms with Crippen LogP contribution in [0.15, 0.2) is 176 Å². The van der Waals surface area contributed by atoms with Gasteiger partial charge in [-0.25, -0.2) is 0 Å². The van der Waals surface area contributed by atoms with Crippen LogP contribution in [0, 0.1) is 13.8 Å². The highest BCUT2D eigenvalue weighted by Gasteiger charge is 2.15. The van der Waals surface area contributed by atoms with Crippen molar-refractivity contribution in [2.24, 2.45) is 0 Å². The van der Waals surface area contributed by atoms with Gasteiger partial charge < -0.3 is 4.90 Å². The van der Waals surface area contributed by atoms with E-state index in [1.165, 1.54) is 55.6 Å². The van der Waals surface area contributed by atoms with Crippen LogP contribution in [0.4, 0.5) is 17.1 Å². The fourth-order valence-corrected chi connectivity index (χ4v) is 6.08. The number of aryl methyl sites for hydroxylation is 2. The highest BCUT2D eigenvalue weighted by atomic mass is 15.1. The molecule has 1 nitrogen and oxygen atoms in total. The van der Waals surface area contributed by atoms with Crippen LogP contribution in [0.2, 0.25) is 0 Å². The van der Waals surface area contributed by atoms with Crippen molar-refractivity contribution in [3.05, 3.63) is 187 Å². The normalized spacial score (nSPS) is 10.9. The van der Waals surface area contributed by atoms with Crippen LogP contribution in [0.1, 0.15) is 11.1 Å². The molecule has 0 N–H and O–H groups in total. The number of rotatable bonds is 7. The Morgan fingerprint density at radius 2 is 0.689 bits per heavy atom. The molecule has 0 fully saturated rings. The number of hydrogen-bond acceptors (Lipinski definition) is 1. The Kier molecular flexibility index (Phi) is 7.83. The SMILES string of the molecule is Cc1cccc(-c2cc(C)cc(-c3cccc(N(c4ccc(-c5ccccc5)cc4)c4ccc(-c5ccccc5)cc4)c3)c2)c1. The third kappa shape index (κ3) is 6.20. The van der Waals surface area contributed by atoms with Crippen molar-refractivity contribution in [1.29, 1.82) is 0 Å². The van der Waals surface area contributed by atoms with E-state index in [0.29, 0.717) is 0 Å². The minimum Gasteiger partial charge on any atom is -0.310 e. The summed E-state index contributed by atoms with van der Waals surface area (Å²) < 4.78 is 0. The quantitative estimate of drug-likeness (QED) is 0.182. The summed E-state index contributed by atoms with van der Waals surface area (Å²) >= 11 is 0. The Labute approximate surface area is 266 Å². The lowest BCUT2D eigenvalue weighted by Gasteiger charge is -2.26. The van der Waals surface area contributed by atoms with Crippen molar-refractivity contribution in [3.8, 4) is 44.5 Å². The van der Waals surface area contributed by atoms with Crippen molar-refractivity contribution in [2.45, 2.75) is 13.8 Å². The van der Waals surface area contributed by atoms with E-state index in [1.54, 1.807) is 0 Å². The Morgan fingerprint density at radius 3 is 1.20 bits per heavy atom. The van der Waals surface area contributed by atoms with E-state index in [1.807, 2.05) is 0 Å². The van der Waals surface area contributed by atoms with Gasteiger partial charge in [0, 0.05) is 17.1 Å². The molecule has 0 aliphatic carbocycles. The van der Waals surface area contributed by atoms with Crippen LogP contribution >= 0.6 is 0 Å². The van der Waals surface area contributed by atoms with Crippen LogP contribution in [0.25, 0.3) is 44.5 Å². The minimum atomic E-state index is 1.11. The molecule has 0 spiro atoms. The van der Waals surface area contributed by atoms with Gasteiger partial charge in [0.2, 0.25) is 0 Å². The molecule has 7 aromatic carbocycles. The summed E-state index contributed by atoms with van der Waals surface area (Å²) in [6, 6.07) is 63.4. The molecule has 0 saturated heterocycles. The molecule has 0 unspecified atom stereocenters. The van der Waals surface area contributed by atoms with Gasteiger partial charge in [0.05, 0.1) is 0 Å². The zero-order valence-electron chi connectivity index (χ0n) is 25.7. The Bertz CT molecular complexity index is 1960. The van der Waals surface area contributed by atoms with Crippen LogP contribution in [0.5, 0.6) is 0 Å². The van der Waals surface area contributed by atoms with Crippen molar-refractivity contribution in [3.63, 3.8) is 0 Å². The standard InChI is InChI=1S/C44H35N/c1-32-11-9-16-38(27-32)40-28-33(2)29-41(30-40)39-17-10-18-44(31-39)45(42-23-19-36(20-24-42)34-12-5-3-6-13-34)43-25-21-37(22-26-43)35-14-7-4-8-15-35/h3-31H,1-2H3. The topological polar surface area (TPSA) is 3.24 Å². The van der Waals surface area contributed by atoms with E-state index in [9.17, 15) is 0 Å². The average molecular weight is 578 g/mol. The van der Waals surface area contributed by atoms with Crippen LogP contribution in [0.3, 0.4) is 0 Å². The zero-order chi connectivity index (χ0) is 30.6. The lowest BCUT2D eigenvalue weighted by molar-refractivity contribution is 1.28. The summed E-state index contributed by atoms with van der Waals surface area (Å²) in [4.78, 5) is 2.35. The first-order valence-corrected chi connectivity index (χ1v) is 15.5. The maximum atomic E-state index is 2.35. The van der Waals surface area contributed by atoms with Crippen LogP contribution in [-0.2, 0) is 0 Å². The van der Waals surface area contributed by atoms with Gasteiger partial charge in [-0.15, -0.1) is 0 Å². The molecule has 0 amide bonds. The summed E-state index contributed by atoms with van der Waals surface area (Å²) in [5, 5.41) is 0. The minimum absolute atomic E-state index is 1.11. The van der Waals surface area contributed by atoms with E-state index in [4.69, 9.17) is 0 Å². The number of nitrogens with zero attached hydrogens (tertiary/aromatic N) is 1. The Balaban J connectivity index is 1.31. The molecular weight excluding hydrogens is 542 g/mol. The van der Waals surface area contributed by atoms with Crippen LogP contribution in [-0.4, -0.2) is 0 Å². The van der Waals surface area contributed by atoms with E-state index < -0.39 is 0 Å². The predicted molar refractivity (Wildman–Crippen MR) is 192 cm³/mol. The second-order valence-electron chi connectivity index (χ2n) is 11.7. The highest BCUT2D eigenvalue weighted by Crippen LogP contribution is 2.39. The van der Waals surface area contributed by atoms with E-state index in [-0.39, 0.29) is 0 Å². The second kappa shape index (κ2) is 12.5. The third-order valence-electron chi connectivity index (χ3n) is 8.33. The number of anilines is 3. The zero-order valence-corrected chi connectivity index (χ0v) is 25.7. The predicted octanol–water partition coefficient (Wildman–Crippen LogP) is 12.4. The van der Waals surface area contributed by atoms with Gasteiger partial charge in [0.15, 0.2) is 0 Å². The second-order valence-corrected chi connectivity index (χ2v) is 11.7. The van der Waals surface area contributed by atoms with Crippen molar-refractivity contribution < 1.29 is 0 Å². The summed E-state index contributed by atoms with van der Waals surface area (Å²) in [5.74, 6) is 0. The summed E-state index contributed by atoms with van der Waals surface area (Å²) in [5.41, 5.74) is 15.6. The molecule has 216 valence electrons. The van der Waals surface area contributed by atoms with Gasteiger partial charge in [-0.05, 0) is 106 Å². The van der Waals surface area contributed by atoms with Gasteiger partial charge in [-0.2, -0.15) is 0 Å². The molecule has 0 heterocycles. The van der Waals surface area contributed by atoms with Crippen molar-refractivity contribution >= 4 is 17.1 Å². The first-order valence-electron chi connectivity index (χ1n) is 15.5. The van der Waals surface area contributed by atoms with E-state index in [0.717, 1.165) is 17.1 Å². The molecule has 0 aromatic heterocycles. The molecule has 0 aliphatic rings. The lowest BCUT2D eigenvalue weighted by atomic mass is 9.95. The molecule has 0 aliphatic heterocycles. The smallest absolute Gasteiger partial charge is 0.0467 e. The van der Waals surface area contributed by atoms with Gasteiger partial charge in [0.25, 0.3) is 0 Å². The maximum absolute atomic E-state index is 2.35. The van der Waals surface area contributed by atoms with Gasteiger partial charge >= 0.3 is 0 Å². The fraction of sp³-hybridized carbons (Fsp3) is 0.0455. The molecule has 1 heteroatoms. The molecule has 45 heavy (non-hydrogen) atoms. The maximum Gasteiger partial charge on any atom is 0.0467 e. The fourth-order valence-electron chi connectivity index (χ4n) is 6.08. The molecule has 0 saturated carbocycles. The molecule has 7 rings (SSSR count). The highest BCUT2D eigenvalue weighted by molar-refractivity contribution is 5.83. The van der Waals surface area contributed by atoms with Crippen LogP contribution < -0.4 is 4.90 Å². The van der Waals surface area contributed by atoms with Crippen molar-refractivity contribution in [1.82, 2.24) is 0 Å². The monoisotopic (exact) mass is 577 g/mol. The third-order valence-corrected chi connectivity index (χ3v) is 8.33. The van der Waals surface area contributed by atoms with E-state index >= 15 is 0 Å². The Morgan fingerprint density at radius 1 is 0.267 bits per heavy atom. The van der Waals surface area contributed by atoms with Gasteiger partial charge in [-0.3, -0.25) is 0 Å². The molecule has 0 radical (unpaired) electrons. The number of hydrogen-bond donors (Lipinski definition) is 0. The summed E-state index contributed by atoms with van der Waals surface area (Å²) in [6.07, 6.45) is 0. The molecular formula is C44H35N. The van der Waals surface area contributed by atoms with E-state index in [2.05, 4.69) is 195 Å². The van der Waals surface area contributed by atoms with Crippen molar-refractivity contribution in [2.75, 3.05) is 4.90 Å². The molecule has 7 aromatic rings. The number of benzene rings is 7. The lowest BCUT2D eigenvalue weighted by Crippen LogP contribution is -2.10. The summed E-state index contributed by atoms with van der Waals surface area (Å²) in [7, 11) is 0. The van der Waals surface area contributed by atoms with Gasteiger partial charge in [-0.1, -0.05) is 139 Å². The average Bonchev–Trinajstić information content (AvgIpc) is 3.10. The largest absolute Gasteiger partial charge is 0.310 e. The first-order chi connectivity index (χ1) is 22.1. The molecule has 0 atom stereocenters.